The Labute approximate surface area is 120 Å². The van der Waals surface area contributed by atoms with Crippen LogP contribution < -0.4 is 0 Å². The predicted molar refractivity (Wildman–Crippen MR) is 85.1 cm³/mol. The van der Waals surface area contributed by atoms with Crippen molar-refractivity contribution in [1.29, 1.82) is 0 Å². The quantitative estimate of drug-likeness (QED) is 0.469. The van der Waals surface area contributed by atoms with Gasteiger partial charge in [-0.05, 0) is 61.2 Å². The third-order valence-corrected chi connectivity index (χ3v) is 6.21. The third-order valence-electron chi connectivity index (χ3n) is 6.21. The Balaban J connectivity index is 0.000000637. The van der Waals surface area contributed by atoms with Crippen molar-refractivity contribution in [1.82, 2.24) is 0 Å². The first kappa shape index (κ1) is 14.9. The fraction of sp³-hybridized carbons (Fsp3) is 0.789. The van der Waals surface area contributed by atoms with Crippen LogP contribution in [-0.2, 0) is 0 Å². The van der Waals surface area contributed by atoms with Gasteiger partial charge in [-0.2, -0.15) is 0 Å². The average molecular weight is 260 g/mol. The van der Waals surface area contributed by atoms with Gasteiger partial charge in [-0.1, -0.05) is 45.3 Å². The Bertz CT molecular complexity index is 340. The van der Waals surface area contributed by atoms with Gasteiger partial charge < -0.3 is 0 Å². The Morgan fingerprint density at radius 2 is 1.89 bits per heavy atom. The van der Waals surface area contributed by atoms with E-state index < -0.39 is 0 Å². The molecule has 0 aromatic rings. The van der Waals surface area contributed by atoms with Gasteiger partial charge in [0.05, 0.1) is 0 Å². The molecule has 0 spiro atoms. The van der Waals surface area contributed by atoms with Gasteiger partial charge in [-0.25, -0.2) is 0 Å². The molecule has 0 heteroatoms. The molecular formula is C19H32. The smallest absolute Gasteiger partial charge is 0.00828 e. The van der Waals surface area contributed by atoms with Gasteiger partial charge in [-0.15, -0.1) is 13.2 Å². The van der Waals surface area contributed by atoms with E-state index in [0.29, 0.717) is 5.41 Å². The summed E-state index contributed by atoms with van der Waals surface area (Å²) in [5.74, 6) is 3.84. The summed E-state index contributed by atoms with van der Waals surface area (Å²) in [6.45, 7) is 13.5. The normalized spacial score (nSPS) is 45.1. The van der Waals surface area contributed by atoms with Crippen molar-refractivity contribution in [3.05, 3.63) is 24.8 Å². The summed E-state index contributed by atoms with van der Waals surface area (Å²) in [5.41, 5.74) is 2.47. The second kappa shape index (κ2) is 5.85. The predicted octanol–water partition coefficient (Wildman–Crippen LogP) is 6.00. The molecule has 0 aliphatic heterocycles. The van der Waals surface area contributed by atoms with E-state index in [-0.39, 0.29) is 0 Å². The minimum atomic E-state index is 0.584. The van der Waals surface area contributed by atoms with Crippen LogP contribution in [0.4, 0.5) is 0 Å². The molecule has 0 saturated heterocycles. The van der Waals surface area contributed by atoms with Gasteiger partial charge in [-0.3, -0.25) is 0 Å². The largest absolute Gasteiger partial charge is 0.106 e. The van der Waals surface area contributed by atoms with Gasteiger partial charge in [0, 0.05) is 0 Å². The Morgan fingerprint density at radius 3 is 2.63 bits per heavy atom. The molecule has 0 N–H and O–H groups in total. The number of rotatable bonds is 0. The van der Waals surface area contributed by atoms with Crippen LogP contribution in [0.2, 0.25) is 0 Å². The van der Waals surface area contributed by atoms with Crippen LogP contribution in [0.15, 0.2) is 24.8 Å². The molecule has 0 radical (unpaired) electrons. The molecule has 3 aliphatic carbocycles. The molecule has 5 atom stereocenters. The van der Waals surface area contributed by atoms with Crippen LogP contribution in [0.1, 0.15) is 65.7 Å². The van der Waals surface area contributed by atoms with E-state index in [2.05, 4.69) is 40.0 Å². The molecule has 0 heterocycles. The summed E-state index contributed by atoms with van der Waals surface area (Å²) >= 11 is 0. The van der Waals surface area contributed by atoms with Gasteiger partial charge in [0.25, 0.3) is 0 Å². The highest BCUT2D eigenvalue weighted by Crippen LogP contribution is 2.58. The molecule has 0 nitrogen and oxygen atoms in total. The average Bonchev–Trinajstić information content (AvgIpc) is 2.40. The topological polar surface area (TPSA) is 0 Å². The Hall–Kier alpha value is -0.520. The lowest BCUT2D eigenvalue weighted by molar-refractivity contribution is 0.0442. The molecule has 3 aliphatic rings. The maximum Gasteiger partial charge on any atom is -0.00828 e. The number of fused-ring (bicyclic) bond motifs is 3. The highest BCUT2D eigenvalue weighted by atomic mass is 14.5. The second-order valence-electron chi connectivity index (χ2n) is 7.40. The number of hydrogen-bond donors (Lipinski definition) is 0. The first-order chi connectivity index (χ1) is 9.11. The molecule has 0 aromatic carbocycles. The summed E-state index contributed by atoms with van der Waals surface area (Å²) in [4.78, 5) is 0. The lowest BCUT2D eigenvalue weighted by atomic mass is 9.51. The van der Waals surface area contributed by atoms with Crippen LogP contribution in [0.25, 0.3) is 0 Å². The maximum absolute atomic E-state index is 3.00. The summed E-state index contributed by atoms with van der Waals surface area (Å²) in [7, 11) is 0. The monoisotopic (exact) mass is 260 g/mol. The molecule has 0 amide bonds. The minimum absolute atomic E-state index is 0.584. The zero-order chi connectivity index (χ0) is 14.0. The highest BCUT2D eigenvalue weighted by molar-refractivity contribution is 5.24. The van der Waals surface area contributed by atoms with Crippen molar-refractivity contribution >= 4 is 0 Å². The number of allylic oxidation sites excluding steroid dienone is 2. The summed E-state index contributed by atoms with van der Waals surface area (Å²) in [5, 5.41) is 0. The van der Waals surface area contributed by atoms with Crippen LogP contribution in [0.3, 0.4) is 0 Å². The summed E-state index contributed by atoms with van der Waals surface area (Å²) < 4.78 is 0. The van der Waals surface area contributed by atoms with Crippen molar-refractivity contribution in [2.24, 2.45) is 29.1 Å². The summed E-state index contributed by atoms with van der Waals surface area (Å²) in [6.07, 6.45) is 12.9. The van der Waals surface area contributed by atoms with Gasteiger partial charge in [0.2, 0.25) is 0 Å². The molecule has 2 fully saturated rings. The molecular weight excluding hydrogens is 228 g/mol. The molecule has 19 heavy (non-hydrogen) atoms. The van der Waals surface area contributed by atoms with E-state index in [1.54, 1.807) is 0 Å². The first-order valence-electron chi connectivity index (χ1n) is 8.32. The Morgan fingerprint density at radius 1 is 1.16 bits per heavy atom. The molecule has 0 aromatic heterocycles. The maximum atomic E-state index is 3.00. The van der Waals surface area contributed by atoms with Gasteiger partial charge in [0.15, 0.2) is 0 Å². The van der Waals surface area contributed by atoms with E-state index in [0.717, 1.165) is 23.7 Å². The van der Waals surface area contributed by atoms with E-state index >= 15 is 0 Å². The molecule has 4 unspecified atom stereocenters. The van der Waals surface area contributed by atoms with Crippen molar-refractivity contribution in [3.8, 4) is 0 Å². The first-order valence-corrected chi connectivity index (χ1v) is 8.32. The van der Waals surface area contributed by atoms with Crippen molar-refractivity contribution in [2.45, 2.75) is 65.7 Å². The fourth-order valence-electron chi connectivity index (χ4n) is 5.32. The lowest BCUT2D eigenvalue weighted by Gasteiger charge is -2.54. The second-order valence-corrected chi connectivity index (χ2v) is 7.40. The highest BCUT2D eigenvalue weighted by Gasteiger charge is 2.48. The van der Waals surface area contributed by atoms with E-state index in [9.17, 15) is 0 Å². The molecule has 2 saturated carbocycles. The molecule has 0 bridgehead atoms. The lowest BCUT2D eigenvalue weighted by Crippen LogP contribution is -2.44. The van der Waals surface area contributed by atoms with E-state index in [1.807, 2.05) is 5.57 Å². The van der Waals surface area contributed by atoms with Gasteiger partial charge >= 0.3 is 0 Å². The Kier molecular flexibility index (Phi) is 4.58. The van der Waals surface area contributed by atoms with E-state index in [1.165, 1.54) is 44.9 Å². The minimum Gasteiger partial charge on any atom is -0.106 e. The summed E-state index contributed by atoms with van der Waals surface area (Å²) in [6, 6.07) is 0. The zero-order valence-corrected chi connectivity index (χ0v) is 13.3. The van der Waals surface area contributed by atoms with E-state index in [4.69, 9.17) is 0 Å². The van der Waals surface area contributed by atoms with Crippen LogP contribution in [-0.4, -0.2) is 0 Å². The SMILES string of the molecule is C=C.CC1CC=C2C(CCC3C(C)CCC[C@@]23C)C1. The van der Waals surface area contributed by atoms with Crippen LogP contribution >= 0.6 is 0 Å². The number of hydrogen-bond acceptors (Lipinski definition) is 0. The van der Waals surface area contributed by atoms with Gasteiger partial charge in [0.1, 0.15) is 0 Å². The van der Waals surface area contributed by atoms with Crippen LogP contribution in [0.5, 0.6) is 0 Å². The van der Waals surface area contributed by atoms with Crippen molar-refractivity contribution in [3.63, 3.8) is 0 Å². The van der Waals surface area contributed by atoms with Crippen molar-refractivity contribution < 1.29 is 0 Å². The van der Waals surface area contributed by atoms with Crippen molar-refractivity contribution in [2.75, 3.05) is 0 Å². The van der Waals surface area contributed by atoms with Crippen LogP contribution in [0, 0.1) is 29.1 Å². The third kappa shape index (κ3) is 2.56. The zero-order valence-electron chi connectivity index (χ0n) is 13.3. The molecule has 3 rings (SSSR count). The molecule has 108 valence electrons. The fourth-order valence-corrected chi connectivity index (χ4v) is 5.32. The standard InChI is InChI=1S/C17H28.C2H4/c1-12-6-8-16-14(11-12)7-9-15-13(2)5-4-10-17(15,16)3;1-2/h8,12-15H,4-7,9-11H2,1-3H3;1-2H2/t12?,13?,14?,15?,17-;/m1./s1.